The van der Waals surface area contributed by atoms with Crippen molar-refractivity contribution in [3.05, 3.63) is 35.6 Å². The van der Waals surface area contributed by atoms with Crippen molar-refractivity contribution in [2.24, 2.45) is 5.92 Å². The van der Waals surface area contributed by atoms with E-state index in [1.807, 2.05) is 13.0 Å². The Labute approximate surface area is 142 Å². The topological polar surface area (TPSA) is 58.6 Å². The first-order chi connectivity index (χ1) is 11.5. The number of nitrogens with one attached hydrogen (secondary N) is 1. The molecule has 0 radical (unpaired) electrons. The average molecular weight is 336 g/mol. The predicted molar refractivity (Wildman–Crippen MR) is 88.9 cm³/mol. The number of amides is 2. The third-order valence-corrected chi connectivity index (χ3v) is 4.25. The molecule has 0 bridgehead atoms. The van der Waals surface area contributed by atoms with Gasteiger partial charge >= 0.3 is 0 Å². The zero-order valence-corrected chi connectivity index (χ0v) is 14.3. The minimum absolute atomic E-state index is 0.0796. The van der Waals surface area contributed by atoms with E-state index in [1.54, 1.807) is 17.9 Å². The van der Waals surface area contributed by atoms with E-state index in [1.165, 1.54) is 12.1 Å². The number of rotatable bonds is 6. The van der Waals surface area contributed by atoms with Crippen molar-refractivity contribution < 1.29 is 18.7 Å². The number of carbonyl (C=O) groups excluding carboxylic acids is 2. The SMILES string of the molecule is C[C@@H](CCc1cccc(F)c1)C(=O)N[C@H](C)C(=O)N1CCOCC1. The monoisotopic (exact) mass is 336 g/mol. The molecule has 1 saturated heterocycles. The van der Waals surface area contributed by atoms with Crippen LogP contribution in [0.1, 0.15) is 25.8 Å². The van der Waals surface area contributed by atoms with Crippen LogP contribution < -0.4 is 5.32 Å². The maximum absolute atomic E-state index is 13.2. The molecule has 0 aromatic heterocycles. The van der Waals surface area contributed by atoms with Gasteiger partial charge in [-0.2, -0.15) is 0 Å². The molecule has 0 saturated carbocycles. The lowest BCUT2D eigenvalue weighted by molar-refractivity contribution is -0.140. The maximum Gasteiger partial charge on any atom is 0.245 e. The number of ether oxygens (including phenoxy) is 1. The summed E-state index contributed by atoms with van der Waals surface area (Å²) < 4.78 is 18.4. The summed E-state index contributed by atoms with van der Waals surface area (Å²) in [6.45, 7) is 5.73. The third kappa shape index (κ3) is 5.30. The number of halogens is 1. The summed E-state index contributed by atoms with van der Waals surface area (Å²) in [5.41, 5.74) is 0.868. The van der Waals surface area contributed by atoms with Gasteiger partial charge in [-0.15, -0.1) is 0 Å². The van der Waals surface area contributed by atoms with Crippen LogP contribution in [-0.4, -0.2) is 49.1 Å². The van der Waals surface area contributed by atoms with E-state index >= 15 is 0 Å². The van der Waals surface area contributed by atoms with Gasteiger partial charge in [0.15, 0.2) is 0 Å². The molecule has 132 valence electrons. The summed E-state index contributed by atoms with van der Waals surface area (Å²) in [7, 11) is 0. The largest absolute Gasteiger partial charge is 0.378 e. The number of benzene rings is 1. The second-order valence-electron chi connectivity index (χ2n) is 6.24. The highest BCUT2D eigenvalue weighted by molar-refractivity contribution is 5.88. The molecule has 1 heterocycles. The van der Waals surface area contributed by atoms with Crippen LogP contribution >= 0.6 is 0 Å². The molecule has 2 amide bonds. The van der Waals surface area contributed by atoms with E-state index in [0.717, 1.165) is 5.56 Å². The fraction of sp³-hybridized carbons (Fsp3) is 0.556. The highest BCUT2D eigenvalue weighted by atomic mass is 19.1. The van der Waals surface area contributed by atoms with Crippen LogP contribution in [0.15, 0.2) is 24.3 Å². The Hall–Kier alpha value is -1.95. The van der Waals surface area contributed by atoms with Crippen molar-refractivity contribution in [1.82, 2.24) is 10.2 Å². The standard InChI is InChI=1S/C18H25FN2O3/c1-13(6-7-15-4-3-5-16(19)12-15)17(22)20-14(2)18(23)21-8-10-24-11-9-21/h3-5,12-14H,6-11H2,1-2H3,(H,20,22)/t13-,14+/m0/s1. The molecule has 1 aliphatic rings. The zero-order valence-electron chi connectivity index (χ0n) is 14.3. The van der Waals surface area contributed by atoms with Crippen molar-refractivity contribution in [2.75, 3.05) is 26.3 Å². The van der Waals surface area contributed by atoms with Crippen molar-refractivity contribution in [3.63, 3.8) is 0 Å². The smallest absolute Gasteiger partial charge is 0.245 e. The van der Waals surface area contributed by atoms with Gasteiger partial charge in [0.05, 0.1) is 13.2 Å². The summed E-state index contributed by atoms with van der Waals surface area (Å²) >= 11 is 0. The van der Waals surface area contributed by atoms with Crippen molar-refractivity contribution in [1.29, 1.82) is 0 Å². The summed E-state index contributed by atoms with van der Waals surface area (Å²) in [4.78, 5) is 26.2. The van der Waals surface area contributed by atoms with Gasteiger partial charge in [-0.3, -0.25) is 9.59 Å². The first kappa shape index (κ1) is 18.4. The first-order valence-corrected chi connectivity index (χ1v) is 8.38. The zero-order chi connectivity index (χ0) is 17.5. The molecule has 6 heteroatoms. The van der Waals surface area contributed by atoms with Gasteiger partial charge in [0.2, 0.25) is 11.8 Å². The van der Waals surface area contributed by atoms with E-state index in [9.17, 15) is 14.0 Å². The molecule has 0 spiro atoms. The Balaban J connectivity index is 1.78. The Kier molecular flexibility index (Phi) is 6.73. The van der Waals surface area contributed by atoms with E-state index in [4.69, 9.17) is 4.74 Å². The van der Waals surface area contributed by atoms with Gasteiger partial charge in [0, 0.05) is 19.0 Å². The van der Waals surface area contributed by atoms with Crippen LogP contribution in [0.2, 0.25) is 0 Å². The molecule has 24 heavy (non-hydrogen) atoms. The van der Waals surface area contributed by atoms with Crippen LogP contribution in [0.25, 0.3) is 0 Å². The Morgan fingerprint density at radius 2 is 2.00 bits per heavy atom. The summed E-state index contributed by atoms with van der Waals surface area (Å²) in [5, 5.41) is 2.78. The second-order valence-corrected chi connectivity index (χ2v) is 6.24. The minimum Gasteiger partial charge on any atom is -0.378 e. The fourth-order valence-corrected chi connectivity index (χ4v) is 2.68. The first-order valence-electron chi connectivity index (χ1n) is 8.38. The van der Waals surface area contributed by atoms with Crippen molar-refractivity contribution in [3.8, 4) is 0 Å². The van der Waals surface area contributed by atoms with Gasteiger partial charge in [-0.1, -0.05) is 19.1 Å². The lowest BCUT2D eigenvalue weighted by Crippen LogP contribution is -2.51. The van der Waals surface area contributed by atoms with E-state index in [-0.39, 0.29) is 23.5 Å². The normalized spacial score (nSPS) is 17.2. The Morgan fingerprint density at radius 3 is 2.67 bits per heavy atom. The van der Waals surface area contributed by atoms with Crippen LogP contribution in [0, 0.1) is 11.7 Å². The molecule has 1 aliphatic heterocycles. The van der Waals surface area contributed by atoms with Crippen molar-refractivity contribution >= 4 is 11.8 Å². The van der Waals surface area contributed by atoms with E-state index in [0.29, 0.717) is 39.1 Å². The highest BCUT2D eigenvalue weighted by Crippen LogP contribution is 2.12. The summed E-state index contributed by atoms with van der Waals surface area (Å²) in [6, 6.07) is 5.84. The lowest BCUT2D eigenvalue weighted by atomic mass is 10.00. The summed E-state index contributed by atoms with van der Waals surface area (Å²) in [5.74, 6) is -0.743. The van der Waals surface area contributed by atoms with Crippen LogP contribution in [0.3, 0.4) is 0 Å². The maximum atomic E-state index is 13.2. The van der Waals surface area contributed by atoms with Gasteiger partial charge < -0.3 is 15.0 Å². The minimum atomic E-state index is -0.549. The van der Waals surface area contributed by atoms with E-state index in [2.05, 4.69) is 5.32 Å². The fourth-order valence-electron chi connectivity index (χ4n) is 2.68. The van der Waals surface area contributed by atoms with Gasteiger partial charge in [-0.05, 0) is 37.5 Å². The molecular weight excluding hydrogens is 311 g/mol. The molecule has 0 unspecified atom stereocenters. The Bertz CT molecular complexity index is 573. The second kappa shape index (κ2) is 8.78. The molecule has 0 aliphatic carbocycles. The molecule has 2 rings (SSSR count). The van der Waals surface area contributed by atoms with Crippen LogP contribution in [0.4, 0.5) is 4.39 Å². The average Bonchev–Trinajstić information content (AvgIpc) is 2.59. The van der Waals surface area contributed by atoms with Crippen LogP contribution in [-0.2, 0) is 20.7 Å². The van der Waals surface area contributed by atoms with Gasteiger partial charge in [0.1, 0.15) is 11.9 Å². The quantitative estimate of drug-likeness (QED) is 0.861. The van der Waals surface area contributed by atoms with E-state index < -0.39 is 6.04 Å². The lowest BCUT2D eigenvalue weighted by Gasteiger charge is -2.29. The highest BCUT2D eigenvalue weighted by Gasteiger charge is 2.25. The summed E-state index contributed by atoms with van der Waals surface area (Å²) in [6.07, 6.45) is 1.23. The predicted octanol–water partition coefficient (Wildman–Crippen LogP) is 1.76. The molecular formula is C18H25FN2O3. The molecule has 1 aromatic rings. The number of hydrogen-bond donors (Lipinski definition) is 1. The molecule has 2 atom stereocenters. The van der Waals surface area contributed by atoms with Gasteiger partial charge in [0.25, 0.3) is 0 Å². The third-order valence-electron chi connectivity index (χ3n) is 4.25. The molecule has 1 fully saturated rings. The van der Waals surface area contributed by atoms with Crippen LogP contribution in [0.5, 0.6) is 0 Å². The number of hydrogen-bond acceptors (Lipinski definition) is 3. The number of carbonyl (C=O) groups is 2. The number of aryl methyl sites for hydroxylation is 1. The number of nitrogens with zero attached hydrogens (tertiary/aromatic N) is 1. The molecule has 1 aromatic carbocycles. The van der Waals surface area contributed by atoms with Gasteiger partial charge in [-0.25, -0.2) is 4.39 Å². The molecule has 1 N–H and O–H groups in total. The number of morpholine rings is 1. The Morgan fingerprint density at radius 1 is 1.29 bits per heavy atom. The molecule has 5 nitrogen and oxygen atoms in total. The van der Waals surface area contributed by atoms with Crippen molar-refractivity contribution in [2.45, 2.75) is 32.7 Å².